The summed E-state index contributed by atoms with van der Waals surface area (Å²) in [6.07, 6.45) is 12.0. The molecule has 0 spiro atoms. The minimum absolute atomic E-state index is 0.140. The number of carbonyl (C=O) groups is 1. The number of nitrogens with one attached hydrogen (secondary N) is 2. The first-order valence-corrected chi connectivity index (χ1v) is 12.5. The molecule has 2 N–H and O–H groups in total. The van der Waals surface area contributed by atoms with Gasteiger partial charge in [0.15, 0.2) is 0 Å². The highest BCUT2D eigenvalue weighted by atomic mass is 16.5. The van der Waals surface area contributed by atoms with Crippen molar-refractivity contribution in [2.24, 2.45) is 14.1 Å². The molecule has 3 aromatic heterocycles. The summed E-state index contributed by atoms with van der Waals surface area (Å²) < 4.78 is 11.4. The molecule has 1 amide bonds. The number of hydrogen-bond acceptors (Lipinski definition) is 4. The van der Waals surface area contributed by atoms with Crippen LogP contribution in [-0.2, 0) is 40.0 Å². The van der Waals surface area contributed by atoms with Gasteiger partial charge in [0.25, 0.3) is 5.91 Å². The summed E-state index contributed by atoms with van der Waals surface area (Å²) in [7, 11) is 5.55. The Kier molecular flexibility index (Phi) is 8.15. The number of methoxy groups -OCH3 is 1. The van der Waals surface area contributed by atoms with Crippen LogP contribution >= 0.6 is 0 Å². The van der Waals surface area contributed by atoms with E-state index in [1.54, 1.807) is 7.11 Å². The average Bonchev–Trinajstić information content (AvgIpc) is 3.58. The number of aryl methyl sites for hydroxylation is 5. The maximum Gasteiger partial charge on any atom is 0.272 e. The Bertz CT molecular complexity index is 1300. The predicted molar refractivity (Wildman–Crippen MR) is 144 cm³/mol. The number of amides is 1. The van der Waals surface area contributed by atoms with E-state index in [0.717, 1.165) is 59.9 Å². The van der Waals surface area contributed by atoms with Crippen molar-refractivity contribution >= 4 is 17.3 Å². The first-order valence-electron chi connectivity index (χ1n) is 12.5. The molecule has 4 rings (SSSR count). The topological polar surface area (TPSA) is 78.0 Å². The Morgan fingerprint density at radius 2 is 1.86 bits per heavy atom. The SMILES string of the molecule is CCCCn1cnc(CCc2cc(NC(=O)c3cc(NCc4cccc(OC)c4)cn3C)cn2C)c1. The first kappa shape index (κ1) is 25.2. The van der Waals surface area contributed by atoms with Crippen LogP contribution in [0.25, 0.3) is 0 Å². The molecule has 0 aliphatic carbocycles. The quantitative estimate of drug-likeness (QED) is 0.294. The second-order valence-corrected chi connectivity index (χ2v) is 9.17. The molecule has 0 fully saturated rings. The molecule has 0 unspecified atom stereocenters. The number of imidazole rings is 1. The Hall–Kier alpha value is -3.94. The fourth-order valence-electron chi connectivity index (χ4n) is 4.25. The fraction of sp³-hybridized carbons (Fsp3) is 0.357. The average molecular weight is 489 g/mol. The van der Waals surface area contributed by atoms with Crippen LogP contribution in [0.2, 0.25) is 0 Å². The van der Waals surface area contributed by atoms with Crippen LogP contribution in [0.5, 0.6) is 5.75 Å². The minimum Gasteiger partial charge on any atom is -0.497 e. The maximum atomic E-state index is 13.0. The van der Waals surface area contributed by atoms with Gasteiger partial charge in [-0.25, -0.2) is 4.98 Å². The zero-order valence-corrected chi connectivity index (χ0v) is 21.6. The summed E-state index contributed by atoms with van der Waals surface area (Å²) in [6.45, 7) is 3.85. The number of carbonyl (C=O) groups excluding carboxylic acids is 1. The summed E-state index contributed by atoms with van der Waals surface area (Å²) in [5.41, 5.74) is 5.62. The summed E-state index contributed by atoms with van der Waals surface area (Å²) in [5, 5.41) is 6.43. The third kappa shape index (κ3) is 6.38. The third-order valence-electron chi connectivity index (χ3n) is 6.33. The molecule has 0 radical (unpaired) electrons. The van der Waals surface area contributed by atoms with E-state index < -0.39 is 0 Å². The second-order valence-electron chi connectivity index (χ2n) is 9.17. The van der Waals surface area contributed by atoms with E-state index in [1.165, 1.54) is 6.42 Å². The van der Waals surface area contributed by atoms with Crippen molar-refractivity contribution < 1.29 is 9.53 Å². The monoisotopic (exact) mass is 488 g/mol. The number of hydrogen-bond donors (Lipinski definition) is 2. The van der Waals surface area contributed by atoms with Gasteiger partial charge in [0, 0.05) is 51.5 Å². The lowest BCUT2D eigenvalue weighted by Gasteiger charge is -2.06. The largest absolute Gasteiger partial charge is 0.497 e. The predicted octanol–water partition coefficient (Wildman–Crippen LogP) is 5.02. The van der Waals surface area contributed by atoms with Crippen LogP contribution in [0.3, 0.4) is 0 Å². The number of unbranched alkanes of at least 4 members (excludes halogenated alkanes) is 1. The summed E-state index contributed by atoms with van der Waals surface area (Å²) in [6, 6.07) is 11.8. The summed E-state index contributed by atoms with van der Waals surface area (Å²) >= 11 is 0. The van der Waals surface area contributed by atoms with Crippen molar-refractivity contribution in [3.8, 4) is 5.75 Å². The fourth-order valence-corrected chi connectivity index (χ4v) is 4.25. The van der Waals surface area contributed by atoms with E-state index in [2.05, 4.69) is 37.9 Å². The third-order valence-corrected chi connectivity index (χ3v) is 6.33. The van der Waals surface area contributed by atoms with Crippen molar-refractivity contribution in [1.29, 1.82) is 0 Å². The molecule has 0 aliphatic rings. The number of ether oxygens (including phenoxy) is 1. The number of nitrogens with zero attached hydrogens (tertiary/aromatic N) is 4. The van der Waals surface area contributed by atoms with Crippen LogP contribution < -0.4 is 15.4 Å². The molecule has 0 saturated heterocycles. The van der Waals surface area contributed by atoms with Crippen LogP contribution in [0.1, 0.15) is 47.2 Å². The van der Waals surface area contributed by atoms with E-state index in [9.17, 15) is 4.79 Å². The van der Waals surface area contributed by atoms with E-state index in [4.69, 9.17) is 4.74 Å². The van der Waals surface area contributed by atoms with Gasteiger partial charge in [-0.3, -0.25) is 4.79 Å². The number of anilines is 2. The number of benzene rings is 1. The Morgan fingerprint density at radius 1 is 1.03 bits per heavy atom. The lowest BCUT2D eigenvalue weighted by molar-refractivity contribution is 0.101. The highest BCUT2D eigenvalue weighted by molar-refractivity contribution is 6.03. The Morgan fingerprint density at radius 3 is 2.67 bits per heavy atom. The van der Waals surface area contributed by atoms with Crippen molar-refractivity contribution in [1.82, 2.24) is 18.7 Å². The smallest absolute Gasteiger partial charge is 0.272 e. The van der Waals surface area contributed by atoms with Crippen LogP contribution in [-0.4, -0.2) is 31.7 Å². The van der Waals surface area contributed by atoms with Gasteiger partial charge in [-0.2, -0.15) is 0 Å². The molecule has 0 atom stereocenters. The molecule has 0 bridgehead atoms. The van der Waals surface area contributed by atoms with Crippen molar-refractivity contribution in [3.63, 3.8) is 0 Å². The summed E-state index contributed by atoms with van der Waals surface area (Å²) in [4.78, 5) is 17.5. The van der Waals surface area contributed by atoms with Crippen molar-refractivity contribution in [2.75, 3.05) is 17.7 Å². The molecule has 0 aliphatic heterocycles. The molecule has 8 heteroatoms. The van der Waals surface area contributed by atoms with Crippen LogP contribution in [0.15, 0.2) is 61.3 Å². The summed E-state index contributed by atoms with van der Waals surface area (Å²) in [5.74, 6) is 0.685. The molecule has 36 heavy (non-hydrogen) atoms. The highest BCUT2D eigenvalue weighted by Crippen LogP contribution is 2.20. The van der Waals surface area contributed by atoms with Gasteiger partial charge in [-0.05, 0) is 49.1 Å². The second kappa shape index (κ2) is 11.7. The van der Waals surface area contributed by atoms with Crippen molar-refractivity contribution in [2.45, 2.75) is 45.7 Å². The normalized spacial score (nSPS) is 11.0. The Labute approximate surface area is 212 Å². The molecule has 0 saturated carbocycles. The molecule has 1 aromatic carbocycles. The van der Waals surface area contributed by atoms with E-state index in [-0.39, 0.29) is 5.91 Å². The maximum absolute atomic E-state index is 13.0. The lowest BCUT2D eigenvalue weighted by Crippen LogP contribution is -2.14. The lowest BCUT2D eigenvalue weighted by atomic mass is 10.2. The molecule has 8 nitrogen and oxygen atoms in total. The number of rotatable bonds is 12. The molecule has 3 heterocycles. The highest BCUT2D eigenvalue weighted by Gasteiger charge is 2.14. The molecular formula is C28H36N6O2. The molecular weight excluding hydrogens is 452 g/mol. The molecule has 190 valence electrons. The van der Waals surface area contributed by atoms with Crippen molar-refractivity contribution in [3.05, 3.63) is 84.0 Å². The van der Waals surface area contributed by atoms with E-state index in [1.807, 2.05) is 73.8 Å². The number of aromatic nitrogens is 4. The molecule has 4 aromatic rings. The van der Waals surface area contributed by atoms with Gasteiger partial charge < -0.3 is 29.1 Å². The van der Waals surface area contributed by atoms with Gasteiger partial charge in [0.1, 0.15) is 11.4 Å². The van der Waals surface area contributed by atoms with Crippen LogP contribution in [0, 0.1) is 0 Å². The van der Waals surface area contributed by atoms with E-state index in [0.29, 0.717) is 12.2 Å². The van der Waals surface area contributed by atoms with Gasteiger partial charge in [-0.15, -0.1) is 0 Å². The minimum atomic E-state index is -0.140. The standard InChI is InChI=1S/C28H36N6O2/c1-5-6-12-34-19-22(30-20-34)10-11-25-14-24(18-32(25)2)31-28(35)27-15-23(17-33(27)3)29-16-21-8-7-9-26(13-21)36-4/h7-9,13-15,17-20,29H,5-6,10-12,16H2,1-4H3,(H,31,35). The van der Waals surface area contributed by atoms with Gasteiger partial charge in [0.2, 0.25) is 0 Å². The first-order chi connectivity index (χ1) is 17.4. The Balaban J connectivity index is 1.33. The van der Waals surface area contributed by atoms with Gasteiger partial charge in [-0.1, -0.05) is 25.5 Å². The zero-order valence-electron chi connectivity index (χ0n) is 21.6. The van der Waals surface area contributed by atoms with Gasteiger partial charge >= 0.3 is 0 Å². The van der Waals surface area contributed by atoms with Crippen LogP contribution in [0.4, 0.5) is 11.4 Å². The van der Waals surface area contributed by atoms with Gasteiger partial charge in [0.05, 0.1) is 30.5 Å². The zero-order chi connectivity index (χ0) is 25.5. The van der Waals surface area contributed by atoms with E-state index >= 15 is 0 Å².